The van der Waals surface area contributed by atoms with E-state index in [0.29, 0.717) is 0 Å². The van der Waals surface area contributed by atoms with Gasteiger partial charge >= 0.3 is 0 Å². The smallest absolute Gasteiger partial charge is 0.242 e. The number of aromatic nitrogens is 1. The Kier molecular flexibility index (Phi) is 7.16. The molecule has 0 unspecified atom stereocenters. The van der Waals surface area contributed by atoms with Crippen LogP contribution in [0.25, 0.3) is 11.1 Å². The van der Waals surface area contributed by atoms with E-state index in [1.807, 2.05) is 12.1 Å². The van der Waals surface area contributed by atoms with Crippen LogP contribution in [0.5, 0.6) is 0 Å². The molecular formula is C16H21ClFN3O2S. The molecule has 24 heavy (non-hydrogen) atoms. The molecule has 0 fully saturated rings. The van der Waals surface area contributed by atoms with E-state index in [0.717, 1.165) is 11.1 Å². The molecule has 132 valence electrons. The van der Waals surface area contributed by atoms with Gasteiger partial charge in [-0.05, 0) is 35.4 Å². The van der Waals surface area contributed by atoms with Crippen LogP contribution >= 0.6 is 12.4 Å². The normalized spacial score (nSPS) is 12.3. The molecule has 1 aromatic heterocycles. The van der Waals surface area contributed by atoms with E-state index in [9.17, 15) is 12.8 Å². The third kappa shape index (κ3) is 4.67. The van der Waals surface area contributed by atoms with Crippen molar-refractivity contribution in [3.63, 3.8) is 0 Å². The van der Waals surface area contributed by atoms with Crippen molar-refractivity contribution in [1.82, 2.24) is 8.87 Å². The summed E-state index contributed by atoms with van der Waals surface area (Å²) in [6.07, 6.45) is 4.83. The molecule has 0 aliphatic rings. The van der Waals surface area contributed by atoms with E-state index in [1.165, 1.54) is 24.5 Å². The van der Waals surface area contributed by atoms with Crippen LogP contribution in [0.4, 0.5) is 4.39 Å². The summed E-state index contributed by atoms with van der Waals surface area (Å²) in [6, 6.07) is 8.50. The van der Waals surface area contributed by atoms with E-state index in [1.54, 1.807) is 35.2 Å². The highest BCUT2D eigenvalue weighted by molar-refractivity contribution is 7.89. The zero-order chi connectivity index (χ0) is 17.0. The van der Waals surface area contributed by atoms with Crippen LogP contribution in [0.3, 0.4) is 0 Å². The first kappa shape index (κ1) is 20.4. The average Bonchev–Trinajstić information content (AvgIpc) is 2.96. The number of nitrogens with zero attached hydrogens (tertiary/aromatic N) is 2. The lowest BCUT2D eigenvalue weighted by atomic mass is 10.1. The molecule has 0 aliphatic heterocycles. The second-order valence-electron chi connectivity index (χ2n) is 5.27. The standard InChI is InChI=1S/C16H20FN3O2S.ClH/c1-19(2)23(21,22)16-5-3-4-13(10-16)14-7-9-20(11-14)12-15(17)6-8-18;/h3-7,9-11H,8,12,18H2,1-2H3;1H/b15-6-;. The molecule has 1 heterocycles. The molecule has 8 heteroatoms. The third-order valence-corrected chi connectivity index (χ3v) is 5.18. The van der Waals surface area contributed by atoms with Crippen molar-refractivity contribution in [2.75, 3.05) is 20.6 Å². The Morgan fingerprint density at radius 1 is 1.29 bits per heavy atom. The Morgan fingerprint density at radius 3 is 2.62 bits per heavy atom. The van der Waals surface area contributed by atoms with Gasteiger partial charge in [-0.25, -0.2) is 17.1 Å². The molecule has 2 N–H and O–H groups in total. The van der Waals surface area contributed by atoms with Crippen LogP contribution in [0, 0.1) is 0 Å². The fourth-order valence-electron chi connectivity index (χ4n) is 2.12. The van der Waals surface area contributed by atoms with Crippen molar-refractivity contribution in [1.29, 1.82) is 0 Å². The van der Waals surface area contributed by atoms with E-state index in [-0.39, 0.29) is 36.2 Å². The lowest BCUT2D eigenvalue weighted by Gasteiger charge is -2.12. The molecule has 0 atom stereocenters. The number of nitrogens with two attached hydrogens (primary N) is 1. The molecule has 2 rings (SSSR count). The van der Waals surface area contributed by atoms with Crippen molar-refractivity contribution >= 4 is 22.4 Å². The van der Waals surface area contributed by atoms with Gasteiger partial charge < -0.3 is 10.3 Å². The minimum Gasteiger partial charge on any atom is -0.347 e. The molecule has 1 aromatic carbocycles. The minimum absolute atomic E-state index is 0. The zero-order valence-electron chi connectivity index (χ0n) is 13.5. The number of halogens is 2. The maximum absolute atomic E-state index is 13.5. The second-order valence-corrected chi connectivity index (χ2v) is 7.43. The van der Waals surface area contributed by atoms with Crippen molar-refractivity contribution in [2.45, 2.75) is 11.4 Å². The molecule has 0 aliphatic carbocycles. The van der Waals surface area contributed by atoms with Crippen LogP contribution in [0.2, 0.25) is 0 Å². The van der Waals surface area contributed by atoms with Gasteiger partial charge in [0.15, 0.2) is 0 Å². The Balaban J connectivity index is 0.00000288. The van der Waals surface area contributed by atoms with Crippen molar-refractivity contribution in [2.24, 2.45) is 5.73 Å². The van der Waals surface area contributed by atoms with Crippen LogP contribution in [-0.2, 0) is 16.6 Å². The molecule has 0 bridgehead atoms. The van der Waals surface area contributed by atoms with Gasteiger partial charge in [-0.2, -0.15) is 0 Å². The fraction of sp³-hybridized carbons (Fsp3) is 0.250. The first-order valence-corrected chi connectivity index (χ1v) is 8.52. The summed E-state index contributed by atoms with van der Waals surface area (Å²) in [6.45, 7) is 0.261. The molecule has 0 saturated carbocycles. The summed E-state index contributed by atoms with van der Waals surface area (Å²) in [5.74, 6) is -0.307. The van der Waals surface area contributed by atoms with E-state index >= 15 is 0 Å². The third-order valence-electron chi connectivity index (χ3n) is 3.37. The van der Waals surface area contributed by atoms with Crippen LogP contribution in [-0.4, -0.2) is 37.9 Å². The molecule has 0 saturated heterocycles. The van der Waals surface area contributed by atoms with Gasteiger partial charge in [-0.15, -0.1) is 12.4 Å². The highest BCUT2D eigenvalue weighted by Crippen LogP contribution is 2.24. The number of hydrogen-bond acceptors (Lipinski definition) is 3. The van der Waals surface area contributed by atoms with Crippen molar-refractivity contribution in [3.8, 4) is 11.1 Å². The number of benzene rings is 1. The lowest BCUT2D eigenvalue weighted by Crippen LogP contribution is -2.22. The van der Waals surface area contributed by atoms with Gasteiger partial charge in [-0.3, -0.25) is 0 Å². The van der Waals surface area contributed by atoms with E-state index < -0.39 is 10.0 Å². The highest BCUT2D eigenvalue weighted by atomic mass is 35.5. The monoisotopic (exact) mass is 373 g/mol. The molecular weight excluding hydrogens is 353 g/mol. The minimum atomic E-state index is -3.48. The van der Waals surface area contributed by atoms with Crippen LogP contribution in [0.15, 0.2) is 59.5 Å². The molecule has 5 nitrogen and oxygen atoms in total. The summed E-state index contributed by atoms with van der Waals surface area (Å²) in [5, 5.41) is 0. The van der Waals surface area contributed by atoms with Gasteiger partial charge in [0, 0.05) is 33.0 Å². The largest absolute Gasteiger partial charge is 0.347 e. The first-order valence-electron chi connectivity index (χ1n) is 7.08. The summed E-state index contributed by atoms with van der Waals surface area (Å²) in [7, 11) is -0.501. The maximum Gasteiger partial charge on any atom is 0.242 e. The molecule has 2 aromatic rings. The summed E-state index contributed by atoms with van der Waals surface area (Å²) < 4.78 is 40.7. The van der Waals surface area contributed by atoms with Gasteiger partial charge in [0.2, 0.25) is 10.0 Å². The summed E-state index contributed by atoms with van der Waals surface area (Å²) >= 11 is 0. The predicted octanol–water partition coefficient (Wildman–Crippen LogP) is 2.64. The van der Waals surface area contributed by atoms with Crippen molar-refractivity contribution in [3.05, 3.63) is 54.6 Å². The van der Waals surface area contributed by atoms with Gasteiger partial charge in [0.25, 0.3) is 0 Å². The number of allylic oxidation sites excluding steroid dienone is 1. The number of sulfonamides is 1. The van der Waals surface area contributed by atoms with Crippen LogP contribution < -0.4 is 5.73 Å². The van der Waals surface area contributed by atoms with Gasteiger partial charge in [0.05, 0.1) is 11.4 Å². The Morgan fingerprint density at radius 2 is 2.00 bits per heavy atom. The molecule has 0 spiro atoms. The maximum atomic E-state index is 13.5. The van der Waals surface area contributed by atoms with Gasteiger partial charge in [-0.1, -0.05) is 12.1 Å². The lowest BCUT2D eigenvalue weighted by molar-refractivity contribution is 0.521. The molecule has 0 amide bonds. The van der Waals surface area contributed by atoms with E-state index in [4.69, 9.17) is 5.73 Å². The Hall–Kier alpha value is -1.67. The quantitative estimate of drug-likeness (QED) is 0.846. The number of rotatable bonds is 6. The fourth-order valence-corrected chi connectivity index (χ4v) is 3.07. The predicted molar refractivity (Wildman–Crippen MR) is 96.2 cm³/mol. The summed E-state index contributed by atoms with van der Waals surface area (Å²) in [5.41, 5.74) is 6.85. The highest BCUT2D eigenvalue weighted by Gasteiger charge is 2.17. The molecule has 0 radical (unpaired) electrons. The number of hydrogen-bond donors (Lipinski definition) is 1. The Bertz CT molecular complexity index is 816. The first-order chi connectivity index (χ1) is 10.8. The SMILES string of the molecule is CN(C)S(=O)(=O)c1cccc(-c2ccn(C/C(F)=C/CN)c2)c1.Cl. The zero-order valence-corrected chi connectivity index (χ0v) is 15.1. The topological polar surface area (TPSA) is 68.3 Å². The summed E-state index contributed by atoms with van der Waals surface area (Å²) in [4.78, 5) is 0.224. The Labute approximate surface area is 148 Å². The van der Waals surface area contributed by atoms with Crippen LogP contribution in [0.1, 0.15) is 0 Å². The van der Waals surface area contributed by atoms with Gasteiger partial charge in [0.1, 0.15) is 5.83 Å². The van der Waals surface area contributed by atoms with E-state index in [2.05, 4.69) is 0 Å². The van der Waals surface area contributed by atoms with Crippen molar-refractivity contribution < 1.29 is 12.8 Å². The average molecular weight is 374 g/mol. The second kappa shape index (κ2) is 8.43.